The molecule has 0 saturated carbocycles. The van der Waals surface area contributed by atoms with E-state index in [-0.39, 0.29) is 24.5 Å². The molecule has 1 aromatic rings. The van der Waals surface area contributed by atoms with Crippen LogP contribution in [0.1, 0.15) is 20.3 Å². The van der Waals surface area contributed by atoms with E-state index in [2.05, 4.69) is 10.2 Å². The number of ether oxygens (including phenoxy) is 1. The Bertz CT molecular complexity index is 797. The smallest absolute Gasteiger partial charge is 0.410 e. The number of carbonyl (C=O) groups is 3. The monoisotopic (exact) mass is 447 g/mol. The number of piperazine rings is 1. The van der Waals surface area contributed by atoms with Crippen LogP contribution in [-0.2, 0) is 14.3 Å². The van der Waals surface area contributed by atoms with Crippen molar-refractivity contribution in [3.63, 3.8) is 0 Å². The van der Waals surface area contributed by atoms with E-state index in [1.807, 2.05) is 30.3 Å². The second kappa shape index (κ2) is 10.6. The molecule has 2 saturated heterocycles. The molecule has 3 rings (SSSR count). The molecule has 0 spiro atoms. The fraction of sp³-hybridized carbons (Fsp3) is 0.591. The van der Waals surface area contributed by atoms with E-state index < -0.39 is 24.0 Å². The molecular weight excluding hydrogens is 414 g/mol. The number of piperidine rings is 1. The Morgan fingerprint density at radius 2 is 1.81 bits per heavy atom. The van der Waals surface area contributed by atoms with Crippen LogP contribution in [0.4, 0.5) is 10.5 Å². The van der Waals surface area contributed by atoms with Crippen molar-refractivity contribution in [1.29, 1.82) is 0 Å². The molecule has 10 nitrogen and oxygen atoms in total. The first-order chi connectivity index (χ1) is 15.3. The van der Waals surface area contributed by atoms with Crippen LogP contribution in [-0.4, -0.2) is 90.9 Å². The summed E-state index contributed by atoms with van der Waals surface area (Å²) in [7, 11) is 1.61. The zero-order valence-corrected chi connectivity index (χ0v) is 18.9. The molecule has 0 radical (unpaired) electrons. The highest BCUT2D eigenvalue weighted by atomic mass is 16.6. The van der Waals surface area contributed by atoms with Crippen LogP contribution in [0.2, 0.25) is 0 Å². The van der Waals surface area contributed by atoms with Crippen LogP contribution in [0.15, 0.2) is 30.3 Å². The molecule has 176 valence electrons. The number of likely N-dealkylation sites (N-methyl/N-ethyl adjacent to an activating group) is 1. The van der Waals surface area contributed by atoms with E-state index >= 15 is 0 Å². The van der Waals surface area contributed by atoms with Gasteiger partial charge in [0.05, 0.1) is 18.1 Å². The number of hydrogen-bond acceptors (Lipinski definition) is 7. The van der Waals surface area contributed by atoms with Gasteiger partial charge < -0.3 is 24.8 Å². The van der Waals surface area contributed by atoms with Gasteiger partial charge in [0.1, 0.15) is 0 Å². The Morgan fingerprint density at radius 3 is 2.41 bits per heavy atom. The molecule has 3 N–H and O–H groups in total. The summed E-state index contributed by atoms with van der Waals surface area (Å²) >= 11 is 0. The number of hydrogen-bond donors (Lipinski definition) is 3. The number of para-hydroxylation sites is 1. The van der Waals surface area contributed by atoms with Gasteiger partial charge in [-0.2, -0.15) is 0 Å². The highest BCUT2D eigenvalue weighted by Crippen LogP contribution is 2.24. The van der Waals surface area contributed by atoms with Gasteiger partial charge >= 0.3 is 6.09 Å². The number of nitrogens with zero attached hydrogens (tertiary/aromatic N) is 3. The normalized spacial score (nSPS) is 23.6. The molecule has 2 fully saturated rings. The van der Waals surface area contributed by atoms with Gasteiger partial charge in [-0.15, -0.1) is 0 Å². The highest BCUT2D eigenvalue weighted by Gasteiger charge is 2.43. The summed E-state index contributed by atoms with van der Waals surface area (Å²) in [6, 6.07) is 8.92. The fourth-order valence-corrected chi connectivity index (χ4v) is 4.27. The summed E-state index contributed by atoms with van der Waals surface area (Å²) in [5.74, 6) is -1.63. The van der Waals surface area contributed by atoms with Gasteiger partial charge in [-0.05, 0) is 32.4 Å². The molecule has 0 aliphatic carbocycles. The molecule has 0 bridgehead atoms. The molecule has 10 heteroatoms. The lowest BCUT2D eigenvalue weighted by atomic mass is 9.86. The Hall–Kier alpha value is -2.85. The van der Waals surface area contributed by atoms with E-state index in [0.717, 1.165) is 5.69 Å². The number of benzene rings is 1. The van der Waals surface area contributed by atoms with E-state index in [0.29, 0.717) is 32.7 Å². The van der Waals surface area contributed by atoms with Gasteiger partial charge in [0.25, 0.3) is 0 Å². The molecule has 1 aromatic carbocycles. The number of carbonyl (C=O) groups excluding carboxylic acids is 3. The lowest BCUT2D eigenvalue weighted by molar-refractivity contribution is -0.144. The maximum atomic E-state index is 13.3. The predicted molar refractivity (Wildman–Crippen MR) is 118 cm³/mol. The zero-order valence-electron chi connectivity index (χ0n) is 18.9. The molecule has 2 heterocycles. The number of hydroxylamine groups is 1. The van der Waals surface area contributed by atoms with Crippen LogP contribution in [0.3, 0.4) is 0 Å². The van der Waals surface area contributed by atoms with Gasteiger partial charge in [-0.3, -0.25) is 14.8 Å². The third kappa shape index (κ3) is 5.49. The van der Waals surface area contributed by atoms with Crippen LogP contribution < -0.4 is 15.7 Å². The topological polar surface area (TPSA) is 114 Å². The van der Waals surface area contributed by atoms with E-state index in [9.17, 15) is 19.6 Å². The average molecular weight is 448 g/mol. The lowest BCUT2D eigenvalue weighted by Crippen LogP contribution is -2.63. The largest absolute Gasteiger partial charge is 0.447 e. The van der Waals surface area contributed by atoms with Crippen molar-refractivity contribution in [1.82, 2.24) is 20.6 Å². The number of nitrogens with one attached hydrogen (secondary N) is 2. The second-order valence-corrected chi connectivity index (χ2v) is 8.55. The van der Waals surface area contributed by atoms with Crippen LogP contribution in [0.5, 0.6) is 0 Å². The third-order valence-electron chi connectivity index (χ3n) is 6.10. The van der Waals surface area contributed by atoms with Crippen molar-refractivity contribution < 1.29 is 24.3 Å². The van der Waals surface area contributed by atoms with E-state index in [1.165, 1.54) is 4.90 Å². The third-order valence-corrected chi connectivity index (χ3v) is 6.10. The standard InChI is InChI=1S/C22H33N5O5/c1-15(2)32-22(30)25(3)17-13-18(20(28)24-31)19(23-14-17)21(29)27-11-9-26(10-12-27)16-7-5-4-6-8-16/h4-8,15,17-19,23,31H,9-14H2,1-3H3,(H,24,28)/t17?,18-,19-/m0/s1. The minimum atomic E-state index is -0.812. The van der Waals surface area contributed by atoms with Gasteiger partial charge in [0.2, 0.25) is 11.8 Å². The number of anilines is 1. The van der Waals surface area contributed by atoms with E-state index in [4.69, 9.17) is 4.74 Å². The average Bonchev–Trinajstić information content (AvgIpc) is 2.82. The van der Waals surface area contributed by atoms with Gasteiger partial charge in [-0.1, -0.05) is 18.2 Å². The summed E-state index contributed by atoms with van der Waals surface area (Å²) in [6.07, 6.45) is -0.512. The maximum absolute atomic E-state index is 13.3. The Balaban J connectivity index is 1.63. The highest BCUT2D eigenvalue weighted by molar-refractivity contribution is 5.90. The maximum Gasteiger partial charge on any atom is 0.410 e. The Morgan fingerprint density at radius 1 is 1.16 bits per heavy atom. The van der Waals surface area contributed by atoms with Crippen molar-refractivity contribution in [3.05, 3.63) is 30.3 Å². The van der Waals surface area contributed by atoms with Crippen molar-refractivity contribution in [2.24, 2.45) is 5.92 Å². The molecule has 2 aliphatic heterocycles. The minimum absolute atomic E-state index is 0.169. The summed E-state index contributed by atoms with van der Waals surface area (Å²) in [5.41, 5.74) is 2.80. The molecule has 0 aromatic heterocycles. The SMILES string of the molecule is CC(C)OC(=O)N(C)C1CN[C@H](C(=O)N2CCN(c3ccccc3)CC2)[C@@H](C(=O)NO)C1. The number of rotatable bonds is 5. The van der Waals surface area contributed by atoms with Crippen LogP contribution in [0.25, 0.3) is 0 Å². The lowest BCUT2D eigenvalue weighted by Gasteiger charge is -2.42. The fourth-order valence-electron chi connectivity index (χ4n) is 4.27. The second-order valence-electron chi connectivity index (χ2n) is 8.55. The molecule has 32 heavy (non-hydrogen) atoms. The minimum Gasteiger partial charge on any atom is -0.447 e. The molecule has 1 unspecified atom stereocenters. The summed E-state index contributed by atoms with van der Waals surface area (Å²) in [6.45, 7) is 6.36. The Labute approximate surface area is 188 Å². The molecule has 2 aliphatic rings. The van der Waals surface area contributed by atoms with Crippen molar-refractivity contribution in [2.45, 2.75) is 38.5 Å². The first-order valence-corrected chi connectivity index (χ1v) is 11.0. The van der Waals surface area contributed by atoms with Gasteiger partial charge in [-0.25, -0.2) is 10.3 Å². The molecule has 3 amide bonds. The quantitative estimate of drug-likeness (QED) is 0.449. The van der Waals surface area contributed by atoms with E-state index in [1.54, 1.807) is 31.3 Å². The Kier molecular flexibility index (Phi) is 7.92. The predicted octanol–water partition coefficient (Wildman–Crippen LogP) is 0.664. The van der Waals surface area contributed by atoms with Crippen LogP contribution in [0, 0.1) is 5.92 Å². The summed E-state index contributed by atoms with van der Waals surface area (Å²) < 4.78 is 5.23. The van der Waals surface area contributed by atoms with Crippen LogP contribution >= 0.6 is 0 Å². The zero-order chi connectivity index (χ0) is 23.3. The summed E-state index contributed by atoms with van der Waals surface area (Å²) in [5, 5.41) is 12.4. The van der Waals surface area contributed by atoms with Gasteiger partial charge in [0.15, 0.2) is 0 Å². The first kappa shape index (κ1) is 23.8. The van der Waals surface area contributed by atoms with Crippen molar-refractivity contribution >= 4 is 23.6 Å². The molecule has 3 atom stereocenters. The summed E-state index contributed by atoms with van der Waals surface area (Å²) in [4.78, 5) is 43.3. The molecular formula is C22H33N5O5. The first-order valence-electron chi connectivity index (χ1n) is 11.0. The van der Waals surface area contributed by atoms with Crippen molar-refractivity contribution in [3.8, 4) is 0 Å². The number of amides is 3. The van der Waals surface area contributed by atoms with Crippen molar-refractivity contribution in [2.75, 3.05) is 44.7 Å². The van der Waals surface area contributed by atoms with Gasteiger partial charge in [0, 0.05) is 51.5 Å².